The summed E-state index contributed by atoms with van der Waals surface area (Å²) < 4.78 is 6.53. The van der Waals surface area contributed by atoms with Crippen molar-refractivity contribution in [2.24, 2.45) is 0 Å². The number of aryl methyl sites for hydroxylation is 1. The lowest BCUT2D eigenvalue weighted by Crippen LogP contribution is -2.14. The van der Waals surface area contributed by atoms with Crippen LogP contribution >= 0.6 is 0 Å². The van der Waals surface area contributed by atoms with Crippen LogP contribution in [-0.2, 0) is 11.8 Å². The largest absolute Gasteiger partial charge is 0.460 e. The van der Waals surface area contributed by atoms with E-state index in [1.165, 1.54) is 33.4 Å². The minimum atomic E-state index is -0.0383. The van der Waals surface area contributed by atoms with Gasteiger partial charge in [0, 0.05) is 39.5 Å². The zero-order chi connectivity index (χ0) is 30.8. The molecule has 0 unspecified atom stereocenters. The average molecular weight is 594 g/mol. The Kier molecular flexibility index (Phi) is 5.94. The number of fused-ring (bicyclic) bond motifs is 6. The molecule has 0 saturated heterocycles. The van der Waals surface area contributed by atoms with Crippen LogP contribution in [-0.4, -0.2) is 15.0 Å². The summed E-state index contributed by atoms with van der Waals surface area (Å²) in [5, 5.41) is 1.05. The zero-order valence-electron chi connectivity index (χ0n) is 25.8. The van der Waals surface area contributed by atoms with Crippen LogP contribution in [0, 0.1) is 0 Å². The van der Waals surface area contributed by atoms with Gasteiger partial charge in [0.2, 0.25) is 0 Å². The molecule has 0 N–H and O–H groups in total. The molecule has 2 heterocycles. The van der Waals surface area contributed by atoms with Gasteiger partial charge in [-0.25, -0.2) is 15.0 Å². The Hall–Kier alpha value is -5.61. The van der Waals surface area contributed by atoms with Crippen molar-refractivity contribution in [3.05, 3.63) is 149 Å². The van der Waals surface area contributed by atoms with Crippen LogP contribution in [0.1, 0.15) is 48.3 Å². The average Bonchev–Trinajstić information content (AvgIpc) is 3.61. The highest BCUT2D eigenvalue weighted by molar-refractivity contribution is 6.05. The lowest BCUT2D eigenvalue weighted by molar-refractivity contribution is 0.548. The van der Waals surface area contributed by atoms with E-state index < -0.39 is 0 Å². The first-order chi connectivity index (χ1) is 22.6. The Bertz CT molecular complexity index is 2270. The predicted octanol–water partition coefficient (Wildman–Crippen LogP) is 10.4. The lowest BCUT2D eigenvalue weighted by Gasteiger charge is -2.22. The lowest BCUT2D eigenvalue weighted by atomic mass is 9.81. The molecule has 220 valence electrons. The molecule has 0 fully saturated rings. The summed E-state index contributed by atoms with van der Waals surface area (Å²) in [5.41, 5.74) is 12.9. The molecule has 2 aliphatic carbocycles. The number of allylic oxidation sites excluding steroid dienone is 1. The van der Waals surface area contributed by atoms with E-state index in [1.807, 2.05) is 66.7 Å². The zero-order valence-corrected chi connectivity index (χ0v) is 25.8. The molecule has 0 spiro atoms. The van der Waals surface area contributed by atoms with Gasteiger partial charge in [-0.05, 0) is 52.0 Å². The molecule has 0 atom stereocenters. The molecule has 5 aromatic carbocycles. The molecule has 9 rings (SSSR count). The minimum Gasteiger partial charge on any atom is -0.460 e. The maximum atomic E-state index is 6.53. The maximum absolute atomic E-state index is 6.53. The van der Waals surface area contributed by atoms with Gasteiger partial charge in [0.1, 0.15) is 11.3 Å². The van der Waals surface area contributed by atoms with Crippen molar-refractivity contribution in [2.75, 3.05) is 0 Å². The second-order valence-electron chi connectivity index (χ2n) is 12.7. The normalized spacial score (nSPS) is 14.4. The summed E-state index contributed by atoms with van der Waals surface area (Å²) in [6, 6.07) is 42.1. The van der Waals surface area contributed by atoms with Crippen molar-refractivity contribution in [3.8, 4) is 45.3 Å². The standard InChI is InChI=1S/C42H31N3O/c1-42(2)33-20-10-9-17-30(33)37-29(18-11-21-34(37)42)28-23-24-35-32(25-28)38-31(19-12-22-36(38)46-35)41-44-39(26-13-5-3-6-14-26)43-40(45-41)27-15-7-4-8-16-27/h3-22,25H,23-24H2,1-2H3. The van der Waals surface area contributed by atoms with Gasteiger partial charge in [0.25, 0.3) is 0 Å². The maximum Gasteiger partial charge on any atom is 0.164 e. The van der Waals surface area contributed by atoms with Crippen molar-refractivity contribution in [1.82, 2.24) is 15.0 Å². The number of hydrogen-bond acceptors (Lipinski definition) is 4. The molecule has 2 aliphatic rings. The van der Waals surface area contributed by atoms with Crippen LogP contribution < -0.4 is 0 Å². The number of hydrogen-bond donors (Lipinski definition) is 0. The molecule has 0 radical (unpaired) electrons. The first-order valence-corrected chi connectivity index (χ1v) is 15.9. The molecule has 0 bridgehead atoms. The number of furan rings is 1. The van der Waals surface area contributed by atoms with Crippen molar-refractivity contribution in [1.29, 1.82) is 0 Å². The summed E-state index contributed by atoms with van der Waals surface area (Å²) in [6.07, 6.45) is 4.12. The molecule has 0 amide bonds. The predicted molar refractivity (Wildman–Crippen MR) is 186 cm³/mol. The van der Waals surface area contributed by atoms with Crippen molar-refractivity contribution >= 4 is 22.6 Å². The molecule has 46 heavy (non-hydrogen) atoms. The third-order valence-electron chi connectivity index (χ3n) is 9.66. The van der Waals surface area contributed by atoms with E-state index in [9.17, 15) is 0 Å². The smallest absolute Gasteiger partial charge is 0.164 e. The quantitative estimate of drug-likeness (QED) is 0.204. The van der Waals surface area contributed by atoms with Gasteiger partial charge in [-0.3, -0.25) is 0 Å². The number of rotatable bonds is 4. The Balaban J connectivity index is 1.25. The molecule has 7 aromatic rings. The molecule has 4 heteroatoms. The van der Waals surface area contributed by atoms with Crippen LogP contribution in [0.4, 0.5) is 0 Å². The summed E-state index contributed by atoms with van der Waals surface area (Å²) >= 11 is 0. The van der Waals surface area contributed by atoms with E-state index in [2.05, 4.69) is 74.5 Å². The monoisotopic (exact) mass is 593 g/mol. The third-order valence-corrected chi connectivity index (χ3v) is 9.66. The van der Waals surface area contributed by atoms with Crippen LogP contribution in [0.15, 0.2) is 126 Å². The van der Waals surface area contributed by atoms with Crippen molar-refractivity contribution < 1.29 is 4.42 Å². The van der Waals surface area contributed by atoms with Gasteiger partial charge in [-0.2, -0.15) is 0 Å². The van der Waals surface area contributed by atoms with Gasteiger partial charge < -0.3 is 4.42 Å². The SMILES string of the molecule is CC1(C)c2ccccc2-c2c(C3=Cc4c(oc5cccc(-c6nc(-c7ccccc7)nc(-c7ccccc7)n6)c45)CC3)cccc21. The first-order valence-electron chi connectivity index (χ1n) is 15.9. The number of nitrogens with zero attached hydrogens (tertiary/aromatic N) is 3. The molecule has 4 nitrogen and oxygen atoms in total. The molecular formula is C42H31N3O. The fourth-order valence-electron chi connectivity index (χ4n) is 7.40. The summed E-state index contributed by atoms with van der Waals surface area (Å²) in [4.78, 5) is 15.0. The fraction of sp³-hybridized carbons (Fsp3) is 0.119. The molecule has 0 aliphatic heterocycles. The van der Waals surface area contributed by atoms with E-state index in [0.717, 1.165) is 51.8 Å². The van der Waals surface area contributed by atoms with Crippen LogP contribution in [0.2, 0.25) is 0 Å². The van der Waals surface area contributed by atoms with E-state index in [4.69, 9.17) is 19.4 Å². The van der Waals surface area contributed by atoms with Gasteiger partial charge in [0.05, 0.1) is 0 Å². The highest BCUT2D eigenvalue weighted by atomic mass is 16.3. The van der Waals surface area contributed by atoms with Crippen molar-refractivity contribution in [3.63, 3.8) is 0 Å². The van der Waals surface area contributed by atoms with E-state index in [0.29, 0.717) is 17.5 Å². The molecule has 2 aromatic heterocycles. The highest BCUT2D eigenvalue weighted by Crippen LogP contribution is 2.52. The topological polar surface area (TPSA) is 51.8 Å². The molecular weight excluding hydrogens is 562 g/mol. The second kappa shape index (κ2) is 10.2. The van der Waals surface area contributed by atoms with Gasteiger partial charge in [0.15, 0.2) is 17.5 Å². The first kappa shape index (κ1) is 26.8. The summed E-state index contributed by atoms with van der Waals surface area (Å²) in [5.74, 6) is 2.95. The van der Waals surface area contributed by atoms with E-state index >= 15 is 0 Å². The third kappa shape index (κ3) is 4.10. The Morgan fingerprint density at radius 1 is 0.543 bits per heavy atom. The molecule has 0 saturated carbocycles. The Labute approximate surface area is 268 Å². The van der Waals surface area contributed by atoms with Gasteiger partial charge >= 0.3 is 0 Å². The highest BCUT2D eigenvalue weighted by Gasteiger charge is 2.37. The Morgan fingerprint density at radius 3 is 1.87 bits per heavy atom. The van der Waals surface area contributed by atoms with Crippen LogP contribution in [0.25, 0.3) is 67.9 Å². The Morgan fingerprint density at radius 2 is 1.13 bits per heavy atom. The van der Waals surface area contributed by atoms with Crippen LogP contribution in [0.5, 0.6) is 0 Å². The number of aromatic nitrogens is 3. The van der Waals surface area contributed by atoms with E-state index in [1.54, 1.807) is 0 Å². The van der Waals surface area contributed by atoms with Gasteiger partial charge in [-0.15, -0.1) is 0 Å². The van der Waals surface area contributed by atoms with Gasteiger partial charge in [-0.1, -0.05) is 129 Å². The van der Waals surface area contributed by atoms with Crippen molar-refractivity contribution in [2.45, 2.75) is 32.1 Å². The second-order valence-corrected chi connectivity index (χ2v) is 12.7. The van der Waals surface area contributed by atoms with E-state index in [-0.39, 0.29) is 5.41 Å². The fourth-order valence-corrected chi connectivity index (χ4v) is 7.40. The van der Waals surface area contributed by atoms with Crippen LogP contribution in [0.3, 0.4) is 0 Å². The number of benzene rings is 5. The minimum absolute atomic E-state index is 0.0383. The summed E-state index contributed by atoms with van der Waals surface area (Å²) in [6.45, 7) is 4.68. The summed E-state index contributed by atoms with van der Waals surface area (Å²) in [7, 11) is 0.